The van der Waals surface area contributed by atoms with Crippen LogP contribution in [0, 0.1) is 5.82 Å². The lowest BCUT2D eigenvalue weighted by Gasteiger charge is -2.22. The van der Waals surface area contributed by atoms with Crippen molar-refractivity contribution in [3.8, 4) is 0 Å². The summed E-state index contributed by atoms with van der Waals surface area (Å²) >= 11 is 3.31. The highest BCUT2D eigenvalue weighted by molar-refractivity contribution is 9.10. The van der Waals surface area contributed by atoms with Crippen molar-refractivity contribution in [3.05, 3.63) is 45.9 Å². The number of allylic oxidation sites excluding steroid dienone is 1. The average molecular weight is 286 g/mol. The lowest BCUT2D eigenvalue weighted by molar-refractivity contribution is 0.175. The summed E-state index contributed by atoms with van der Waals surface area (Å²) in [6.07, 6.45) is 3.87. The first kappa shape index (κ1) is 11.6. The normalized spacial score (nSPS) is 17.6. The van der Waals surface area contributed by atoms with Crippen molar-refractivity contribution in [2.45, 2.75) is 18.9 Å². The van der Waals surface area contributed by atoms with Crippen LogP contribution in [0.15, 0.2) is 34.5 Å². The molecule has 0 bridgehead atoms. The maximum Gasteiger partial charge on any atom is 0.129 e. The van der Waals surface area contributed by atoms with Gasteiger partial charge in [-0.05, 0) is 31.1 Å². The fourth-order valence-corrected chi connectivity index (χ4v) is 2.33. The minimum absolute atomic E-state index is 0.308. The molecule has 1 aliphatic heterocycles. The highest BCUT2D eigenvalue weighted by Crippen LogP contribution is 2.31. The fraction of sp³-hybridized carbons (Fsp3) is 0.333. The van der Waals surface area contributed by atoms with Crippen LogP contribution in [0.3, 0.4) is 0 Å². The molecule has 1 unspecified atom stereocenters. The van der Waals surface area contributed by atoms with Gasteiger partial charge in [-0.15, -0.1) is 0 Å². The molecule has 1 atom stereocenters. The number of ether oxygens (including phenoxy) is 1. The molecule has 0 saturated heterocycles. The zero-order chi connectivity index (χ0) is 11.5. The Balaban J connectivity index is 2.33. The molecule has 0 aromatic heterocycles. The Hall–Kier alpha value is -0.870. The maximum atomic E-state index is 13.7. The van der Waals surface area contributed by atoms with E-state index in [2.05, 4.69) is 15.9 Å². The second kappa shape index (κ2) is 4.97. The Bertz CT molecular complexity index is 399. The third-order valence-electron chi connectivity index (χ3n) is 2.58. The van der Waals surface area contributed by atoms with Crippen LogP contribution < -0.4 is 5.73 Å². The van der Waals surface area contributed by atoms with Crippen molar-refractivity contribution in [1.82, 2.24) is 0 Å². The van der Waals surface area contributed by atoms with Crippen molar-refractivity contribution in [2.75, 3.05) is 6.61 Å². The Morgan fingerprint density at radius 2 is 2.25 bits per heavy atom. The van der Waals surface area contributed by atoms with Gasteiger partial charge in [0, 0.05) is 10.0 Å². The second-order valence-corrected chi connectivity index (χ2v) is 4.56. The first-order valence-corrected chi connectivity index (χ1v) is 6.02. The molecule has 2 N–H and O–H groups in total. The largest absolute Gasteiger partial charge is 0.496 e. The summed E-state index contributed by atoms with van der Waals surface area (Å²) in [4.78, 5) is 0. The van der Waals surface area contributed by atoms with Gasteiger partial charge < -0.3 is 10.5 Å². The van der Waals surface area contributed by atoms with Gasteiger partial charge >= 0.3 is 0 Å². The van der Waals surface area contributed by atoms with Crippen LogP contribution in [0.1, 0.15) is 24.4 Å². The van der Waals surface area contributed by atoms with Gasteiger partial charge in [-0.2, -0.15) is 0 Å². The van der Waals surface area contributed by atoms with E-state index in [1.165, 1.54) is 6.07 Å². The van der Waals surface area contributed by atoms with E-state index in [1.54, 1.807) is 12.1 Å². The molecule has 0 spiro atoms. The molecule has 1 heterocycles. The molecule has 2 rings (SSSR count). The predicted molar refractivity (Wildman–Crippen MR) is 64.3 cm³/mol. The molecule has 86 valence electrons. The third-order valence-corrected chi connectivity index (χ3v) is 3.27. The first-order chi connectivity index (χ1) is 7.70. The Morgan fingerprint density at radius 1 is 1.44 bits per heavy atom. The third kappa shape index (κ3) is 2.28. The average Bonchev–Trinajstić information content (AvgIpc) is 2.30. The van der Waals surface area contributed by atoms with Crippen LogP contribution in [0.2, 0.25) is 0 Å². The van der Waals surface area contributed by atoms with Crippen molar-refractivity contribution >= 4 is 15.9 Å². The van der Waals surface area contributed by atoms with Gasteiger partial charge in [0.1, 0.15) is 11.6 Å². The number of hydrogen-bond acceptors (Lipinski definition) is 2. The standard InChI is InChI=1S/C12H13BrFNO/c13-8-4-3-5-9(14)11(8)12(15)10-6-1-2-7-16-10/h3-6,12H,1-2,7,15H2. The smallest absolute Gasteiger partial charge is 0.129 e. The molecule has 1 aliphatic rings. The fourth-order valence-electron chi connectivity index (χ4n) is 1.74. The zero-order valence-electron chi connectivity index (χ0n) is 8.75. The van der Waals surface area contributed by atoms with Gasteiger partial charge in [0.15, 0.2) is 0 Å². The lowest BCUT2D eigenvalue weighted by atomic mass is 10.0. The van der Waals surface area contributed by atoms with Gasteiger partial charge in [0.05, 0.1) is 12.6 Å². The highest BCUT2D eigenvalue weighted by atomic mass is 79.9. The first-order valence-electron chi connectivity index (χ1n) is 5.22. The summed E-state index contributed by atoms with van der Waals surface area (Å²) in [6.45, 7) is 0.658. The summed E-state index contributed by atoms with van der Waals surface area (Å²) in [5, 5.41) is 0. The molecule has 0 radical (unpaired) electrons. The van der Waals surface area contributed by atoms with E-state index >= 15 is 0 Å². The SMILES string of the molecule is NC(C1=CCCCO1)c1c(F)cccc1Br. The monoisotopic (exact) mass is 285 g/mol. The Kier molecular flexibility index (Phi) is 3.61. The molecule has 0 fully saturated rings. The van der Waals surface area contributed by atoms with E-state index < -0.39 is 6.04 Å². The summed E-state index contributed by atoms with van der Waals surface area (Å²) in [5.74, 6) is 0.356. The highest BCUT2D eigenvalue weighted by Gasteiger charge is 2.21. The van der Waals surface area contributed by atoms with Gasteiger partial charge in [0.2, 0.25) is 0 Å². The van der Waals surface area contributed by atoms with Gasteiger partial charge in [-0.25, -0.2) is 4.39 Å². The van der Waals surface area contributed by atoms with Crippen LogP contribution in [0.5, 0.6) is 0 Å². The number of rotatable bonds is 2. The molecule has 1 aromatic rings. The Morgan fingerprint density at radius 3 is 2.88 bits per heavy atom. The van der Waals surface area contributed by atoms with E-state index in [4.69, 9.17) is 10.5 Å². The van der Waals surface area contributed by atoms with Crippen LogP contribution >= 0.6 is 15.9 Å². The van der Waals surface area contributed by atoms with Gasteiger partial charge in [-0.1, -0.05) is 22.0 Å². The molecule has 16 heavy (non-hydrogen) atoms. The molecule has 0 amide bonds. The summed E-state index contributed by atoms with van der Waals surface area (Å²) in [6, 6.07) is 4.30. The van der Waals surface area contributed by atoms with E-state index in [9.17, 15) is 4.39 Å². The maximum absolute atomic E-state index is 13.7. The Labute approximate surface area is 102 Å². The van der Waals surface area contributed by atoms with Crippen LogP contribution in [0.25, 0.3) is 0 Å². The number of benzene rings is 1. The number of hydrogen-bond donors (Lipinski definition) is 1. The van der Waals surface area contributed by atoms with E-state index in [-0.39, 0.29) is 5.82 Å². The van der Waals surface area contributed by atoms with Crippen LogP contribution in [0.4, 0.5) is 4.39 Å². The number of halogens is 2. The predicted octanol–water partition coefficient (Wildman–Crippen LogP) is 3.28. The van der Waals surface area contributed by atoms with Gasteiger partial charge in [0.25, 0.3) is 0 Å². The van der Waals surface area contributed by atoms with Crippen molar-refractivity contribution in [3.63, 3.8) is 0 Å². The van der Waals surface area contributed by atoms with Crippen LogP contribution in [-0.4, -0.2) is 6.61 Å². The molecule has 0 saturated carbocycles. The van der Waals surface area contributed by atoms with Crippen molar-refractivity contribution in [2.24, 2.45) is 5.73 Å². The minimum atomic E-state index is -0.532. The van der Waals surface area contributed by atoms with Gasteiger partial charge in [-0.3, -0.25) is 0 Å². The zero-order valence-corrected chi connectivity index (χ0v) is 10.3. The van der Waals surface area contributed by atoms with Crippen molar-refractivity contribution in [1.29, 1.82) is 0 Å². The van der Waals surface area contributed by atoms with E-state index in [0.717, 1.165) is 12.8 Å². The van der Waals surface area contributed by atoms with Crippen LogP contribution in [-0.2, 0) is 4.74 Å². The lowest BCUT2D eigenvalue weighted by Crippen LogP contribution is -2.19. The summed E-state index contributed by atoms with van der Waals surface area (Å²) in [5.41, 5.74) is 6.46. The summed E-state index contributed by atoms with van der Waals surface area (Å²) < 4.78 is 19.8. The van der Waals surface area contributed by atoms with E-state index in [0.29, 0.717) is 22.4 Å². The molecule has 2 nitrogen and oxygen atoms in total. The van der Waals surface area contributed by atoms with E-state index in [1.807, 2.05) is 6.08 Å². The molecular weight excluding hydrogens is 273 g/mol. The quantitative estimate of drug-likeness (QED) is 0.905. The molecular formula is C12H13BrFNO. The molecule has 4 heteroatoms. The number of nitrogens with two attached hydrogens (primary N) is 1. The van der Waals surface area contributed by atoms with Crippen molar-refractivity contribution < 1.29 is 9.13 Å². The molecule has 1 aromatic carbocycles. The minimum Gasteiger partial charge on any atom is -0.496 e. The summed E-state index contributed by atoms with van der Waals surface area (Å²) in [7, 11) is 0. The second-order valence-electron chi connectivity index (χ2n) is 3.71. The topological polar surface area (TPSA) is 35.2 Å². The molecule has 0 aliphatic carbocycles.